The van der Waals surface area contributed by atoms with Crippen molar-refractivity contribution in [1.82, 2.24) is 14.5 Å². The summed E-state index contributed by atoms with van der Waals surface area (Å²) in [5.74, 6) is -1.07. The van der Waals surface area contributed by atoms with Gasteiger partial charge >= 0.3 is 5.97 Å². The van der Waals surface area contributed by atoms with Crippen molar-refractivity contribution < 1.29 is 9.90 Å². The minimum Gasteiger partial charge on any atom is -0.478 e. The molecule has 0 aromatic carbocycles. The highest BCUT2D eigenvalue weighted by Crippen LogP contribution is 1.99. The van der Waals surface area contributed by atoms with Crippen LogP contribution in [0.1, 0.15) is 16.1 Å². The van der Waals surface area contributed by atoms with Gasteiger partial charge in [-0.15, -0.1) is 0 Å². The second-order valence-corrected chi connectivity index (χ2v) is 3.39. The van der Waals surface area contributed by atoms with Gasteiger partial charge in [0.1, 0.15) is 6.33 Å². The fourth-order valence-electron chi connectivity index (χ4n) is 1.37. The van der Waals surface area contributed by atoms with E-state index in [2.05, 4.69) is 9.97 Å². The maximum Gasteiger partial charge on any atom is 0.337 e. The third-order valence-corrected chi connectivity index (χ3v) is 2.21. The van der Waals surface area contributed by atoms with Crippen LogP contribution in [0.5, 0.6) is 0 Å². The van der Waals surface area contributed by atoms with Crippen molar-refractivity contribution in [3.63, 3.8) is 0 Å². The Labute approximate surface area is 96.2 Å². The molecule has 0 fully saturated rings. The maximum absolute atomic E-state index is 11.5. The topological polar surface area (TPSA) is 85.1 Å². The van der Waals surface area contributed by atoms with Gasteiger partial charge in [0.25, 0.3) is 5.56 Å². The third kappa shape index (κ3) is 2.54. The number of rotatable bonds is 3. The molecule has 1 N–H and O–H groups in total. The van der Waals surface area contributed by atoms with Crippen molar-refractivity contribution >= 4 is 5.97 Å². The molecule has 0 aliphatic rings. The van der Waals surface area contributed by atoms with Crippen LogP contribution in [0.25, 0.3) is 0 Å². The number of nitrogens with zero attached hydrogens (tertiary/aromatic N) is 3. The first kappa shape index (κ1) is 11.0. The number of carbonyl (C=O) groups is 1. The fourth-order valence-corrected chi connectivity index (χ4v) is 1.37. The predicted molar refractivity (Wildman–Crippen MR) is 58.8 cm³/mol. The number of carboxylic acids is 1. The van der Waals surface area contributed by atoms with Gasteiger partial charge in [0, 0.05) is 18.5 Å². The minimum absolute atomic E-state index is 0.0682. The Hall–Kier alpha value is -2.50. The molecule has 6 nitrogen and oxygen atoms in total. The minimum atomic E-state index is -1.07. The summed E-state index contributed by atoms with van der Waals surface area (Å²) in [5, 5.41) is 8.83. The lowest BCUT2D eigenvalue weighted by atomic mass is 10.3. The number of carboxylic acid groups (broad SMARTS) is 1. The summed E-state index contributed by atoms with van der Waals surface area (Å²) in [7, 11) is 0. The van der Waals surface area contributed by atoms with Gasteiger partial charge in [-0.05, 0) is 12.1 Å². The van der Waals surface area contributed by atoms with E-state index < -0.39 is 5.97 Å². The second kappa shape index (κ2) is 4.56. The van der Waals surface area contributed by atoms with Crippen LogP contribution in [0.2, 0.25) is 0 Å². The van der Waals surface area contributed by atoms with E-state index in [9.17, 15) is 9.59 Å². The largest absolute Gasteiger partial charge is 0.478 e. The lowest BCUT2D eigenvalue weighted by Gasteiger charge is -2.05. The van der Waals surface area contributed by atoms with E-state index in [1.54, 1.807) is 12.3 Å². The Morgan fingerprint density at radius 1 is 1.35 bits per heavy atom. The Bertz CT molecular complexity index is 592. The van der Waals surface area contributed by atoms with Gasteiger partial charge in [0.2, 0.25) is 0 Å². The Balaban J connectivity index is 2.36. The molecule has 0 unspecified atom stereocenters. The molecule has 0 aliphatic heterocycles. The SMILES string of the molecule is O=C(O)c1ccc(=O)n(Cc2ccncn2)c1. The summed E-state index contributed by atoms with van der Waals surface area (Å²) in [6, 6.07) is 4.17. The zero-order valence-corrected chi connectivity index (χ0v) is 8.78. The molecule has 0 amide bonds. The summed E-state index contributed by atoms with van der Waals surface area (Å²) in [5.41, 5.74) is 0.442. The highest BCUT2D eigenvalue weighted by molar-refractivity contribution is 5.87. The van der Waals surface area contributed by atoms with Crippen molar-refractivity contribution in [2.45, 2.75) is 6.54 Å². The Kier molecular flexibility index (Phi) is 2.95. The normalized spacial score (nSPS) is 10.1. The van der Waals surface area contributed by atoms with Gasteiger partial charge in [0.05, 0.1) is 17.8 Å². The van der Waals surface area contributed by atoms with Crippen molar-refractivity contribution in [3.8, 4) is 0 Å². The predicted octanol–water partition coefficient (Wildman–Crippen LogP) is 0.385. The maximum atomic E-state index is 11.5. The van der Waals surface area contributed by atoms with Crippen molar-refractivity contribution in [1.29, 1.82) is 0 Å². The monoisotopic (exact) mass is 231 g/mol. The van der Waals surface area contributed by atoms with Crippen molar-refractivity contribution in [3.05, 3.63) is 58.5 Å². The number of hydrogen-bond acceptors (Lipinski definition) is 4. The van der Waals surface area contributed by atoms with E-state index in [4.69, 9.17) is 5.11 Å². The zero-order valence-electron chi connectivity index (χ0n) is 8.78. The standard InChI is InChI=1S/C11H9N3O3/c15-10-2-1-8(11(16)17)5-14(10)6-9-3-4-12-7-13-9/h1-5,7H,6H2,(H,16,17). The molecule has 0 atom stereocenters. The third-order valence-electron chi connectivity index (χ3n) is 2.21. The number of hydrogen-bond donors (Lipinski definition) is 1. The van der Waals surface area contributed by atoms with Gasteiger partial charge in [-0.3, -0.25) is 4.79 Å². The molecule has 17 heavy (non-hydrogen) atoms. The molecule has 86 valence electrons. The molecule has 0 bridgehead atoms. The van der Waals surface area contributed by atoms with Crippen LogP contribution in [0, 0.1) is 0 Å². The van der Waals surface area contributed by atoms with E-state index in [0.29, 0.717) is 5.69 Å². The zero-order chi connectivity index (χ0) is 12.3. The quantitative estimate of drug-likeness (QED) is 0.825. The van der Waals surface area contributed by atoms with Crippen LogP contribution in [-0.4, -0.2) is 25.6 Å². The molecule has 0 spiro atoms. The van der Waals surface area contributed by atoms with Crippen LogP contribution >= 0.6 is 0 Å². The molecular weight excluding hydrogens is 222 g/mol. The van der Waals surface area contributed by atoms with Gasteiger partial charge in [-0.25, -0.2) is 14.8 Å². The molecule has 2 aromatic rings. The summed E-state index contributed by atoms with van der Waals surface area (Å²) >= 11 is 0. The van der Waals surface area contributed by atoms with E-state index in [0.717, 1.165) is 0 Å². The summed E-state index contributed by atoms with van der Waals surface area (Å²) < 4.78 is 1.30. The number of aromatic carboxylic acids is 1. The van der Waals surface area contributed by atoms with Gasteiger partial charge in [-0.1, -0.05) is 0 Å². The van der Waals surface area contributed by atoms with Crippen molar-refractivity contribution in [2.75, 3.05) is 0 Å². The Morgan fingerprint density at radius 3 is 2.82 bits per heavy atom. The summed E-state index contributed by atoms with van der Waals surface area (Å²) in [6.07, 6.45) is 4.24. The van der Waals surface area contributed by atoms with E-state index in [1.165, 1.54) is 29.2 Å². The molecule has 2 aromatic heterocycles. The molecule has 2 heterocycles. The van der Waals surface area contributed by atoms with Gasteiger partial charge in [0.15, 0.2) is 0 Å². The first-order valence-corrected chi connectivity index (χ1v) is 4.85. The Morgan fingerprint density at radius 2 is 2.18 bits per heavy atom. The summed E-state index contributed by atoms with van der Waals surface area (Å²) in [6.45, 7) is 0.225. The first-order valence-electron chi connectivity index (χ1n) is 4.85. The average Bonchev–Trinajstić information content (AvgIpc) is 2.33. The van der Waals surface area contributed by atoms with Crippen LogP contribution in [0.4, 0.5) is 0 Å². The lowest BCUT2D eigenvalue weighted by Crippen LogP contribution is -2.21. The highest BCUT2D eigenvalue weighted by Gasteiger charge is 2.05. The average molecular weight is 231 g/mol. The van der Waals surface area contributed by atoms with Crippen LogP contribution in [0.3, 0.4) is 0 Å². The van der Waals surface area contributed by atoms with Crippen molar-refractivity contribution in [2.24, 2.45) is 0 Å². The van der Waals surface area contributed by atoms with Crippen LogP contribution in [-0.2, 0) is 6.54 Å². The van der Waals surface area contributed by atoms with E-state index in [1.807, 2.05) is 0 Å². The van der Waals surface area contributed by atoms with Crippen LogP contribution < -0.4 is 5.56 Å². The molecule has 2 rings (SSSR count). The van der Waals surface area contributed by atoms with Gasteiger partial charge in [-0.2, -0.15) is 0 Å². The first-order chi connectivity index (χ1) is 8.16. The van der Waals surface area contributed by atoms with Gasteiger partial charge < -0.3 is 9.67 Å². The molecule has 0 aliphatic carbocycles. The van der Waals surface area contributed by atoms with Crippen LogP contribution in [0.15, 0.2) is 41.7 Å². The molecule has 0 saturated heterocycles. The highest BCUT2D eigenvalue weighted by atomic mass is 16.4. The van der Waals surface area contributed by atoms with E-state index in [-0.39, 0.29) is 17.7 Å². The lowest BCUT2D eigenvalue weighted by molar-refractivity contribution is 0.0696. The fraction of sp³-hybridized carbons (Fsp3) is 0.0909. The molecular formula is C11H9N3O3. The molecule has 0 saturated carbocycles. The number of aromatic nitrogens is 3. The smallest absolute Gasteiger partial charge is 0.337 e. The molecule has 6 heteroatoms. The molecule has 0 radical (unpaired) electrons. The number of pyridine rings is 1. The summed E-state index contributed by atoms with van der Waals surface area (Å²) in [4.78, 5) is 30.0. The second-order valence-electron chi connectivity index (χ2n) is 3.39. The van der Waals surface area contributed by atoms with E-state index >= 15 is 0 Å².